The zero-order valence-corrected chi connectivity index (χ0v) is 12.9. The van der Waals surface area contributed by atoms with Gasteiger partial charge in [-0.3, -0.25) is 9.80 Å². The summed E-state index contributed by atoms with van der Waals surface area (Å²) >= 11 is 6.14. The van der Waals surface area contributed by atoms with Gasteiger partial charge in [0.05, 0.1) is 16.3 Å². The summed E-state index contributed by atoms with van der Waals surface area (Å²) in [6.07, 6.45) is 0. The molecule has 0 aliphatic carbocycles. The van der Waals surface area contributed by atoms with Crippen LogP contribution in [0.2, 0.25) is 5.02 Å². The number of nitrogens with two attached hydrogens (primary N) is 1. The molecule has 2 rings (SSSR count). The van der Waals surface area contributed by atoms with Crippen LogP contribution in [0.25, 0.3) is 0 Å². The Morgan fingerprint density at radius 3 is 2.45 bits per heavy atom. The lowest BCUT2D eigenvalue weighted by atomic mass is 10.1. The summed E-state index contributed by atoms with van der Waals surface area (Å²) in [7, 11) is 0. The van der Waals surface area contributed by atoms with Gasteiger partial charge in [0.15, 0.2) is 0 Å². The number of β-amino-alcohol motifs (C(OH)–C–C–N with tert-alkyl or cyclic N) is 1. The molecule has 0 aromatic carbocycles. The van der Waals surface area contributed by atoms with Crippen LogP contribution in [0.15, 0.2) is 12.1 Å². The highest BCUT2D eigenvalue weighted by atomic mass is 35.5. The number of aliphatic hydroxyl groups is 1. The van der Waals surface area contributed by atoms with Gasteiger partial charge in [0.1, 0.15) is 5.82 Å². The van der Waals surface area contributed by atoms with Gasteiger partial charge in [-0.05, 0) is 26.0 Å². The van der Waals surface area contributed by atoms with Gasteiger partial charge in [0.25, 0.3) is 0 Å². The van der Waals surface area contributed by atoms with E-state index in [9.17, 15) is 5.11 Å². The summed E-state index contributed by atoms with van der Waals surface area (Å²) in [6, 6.07) is 3.51. The van der Waals surface area contributed by atoms with Crippen LogP contribution in [0.4, 0.5) is 5.82 Å². The number of nitrogens with zero attached hydrogens (tertiary/aromatic N) is 3. The van der Waals surface area contributed by atoms with Crippen molar-refractivity contribution in [1.82, 2.24) is 14.8 Å². The average molecular weight is 299 g/mol. The summed E-state index contributed by atoms with van der Waals surface area (Å²) in [5.41, 5.74) is 5.90. The van der Waals surface area contributed by atoms with E-state index >= 15 is 0 Å². The third-order valence-electron chi connectivity index (χ3n) is 3.39. The van der Waals surface area contributed by atoms with Crippen molar-refractivity contribution in [3.05, 3.63) is 22.8 Å². The van der Waals surface area contributed by atoms with Crippen LogP contribution in [-0.4, -0.2) is 58.2 Å². The van der Waals surface area contributed by atoms with Crippen molar-refractivity contribution in [2.24, 2.45) is 0 Å². The normalized spacial score (nSPS) is 18.4. The van der Waals surface area contributed by atoms with Gasteiger partial charge >= 0.3 is 0 Å². The van der Waals surface area contributed by atoms with Crippen molar-refractivity contribution < 1.29 is 5.11 Å². The van der Waals surface area contributed by atoms with E-state index < -0.39 is 5.60 Å². The first-order valence-electron chi connectivity index (χ1n) is 6.91. The molecule has 20 heavy (non-hydrogen) atoms. The fourth-order valence-electron chi connectivity index (χ4n) is 2.48. The second kappa shape index (κ2) is 6.26. The molecular weight excluding hydrogens is 276 g/mol. The maximum Gasteiger partial charge on any atom is 0.123 e. The molecule has 6 heteroatoms. The van der Waals surface area contributed by atoms with E-state index in [1.54, 1.807) is 12.1 Å². The maximum absolute atomic E-state index is 9.84. The number of anilines is 1. The molecule has 1 aromatic rings. The Morgan fingerprint density at radius 1 is 1.25 bits per heavy atom. The third kappa shape index (κ3) is 4.59. The van der Waals surface area contributed by atoms with Gasteiger partial charge in [-0.15, -0.1) is 0 Å². The van der Waals surface area contributed by atoms with Crippen molar-refractivity contribution in [1.29, 1.82) is 0 Å². The predicted molar refractivity (Wildman–Crippen MR) is 81.7 cm³/mol. The van der Waals surface area contributed by atoms with Gasteiger partial charge in [0, 0.05) is 39.3 Å². The van der Waals surface area contributed by atoms with E-state index in [4.69, 9.17) is 17.3 Å². The highest BCUT2D eigenvalue weighted by Crippen LogP contribution is 2.18. The topological polar surface area (TPSA) is 65.6 Å². The fourth-order valence-corrected chi connectivity index (χ4v) is 2.64. The molecule has 5 nitrogen and oxygen atoms in total. The van der Waals surface area contributed by atoms with E-state index in [0.717, 1.165) is 38.4 Å². The third-order valence-corrected chi connectivity index (χ3v) is 3.73. The van der Waals surface area contributed by atoms with Crippen LogP contribution >= 0.6 is 11.6 Å². The number of halogens is 1. The molecule has 0 spiro atoms. The van der Waals surface area contributed by atoms with Crippen LogP contribution in [0, 0.1) is 0 Å². The quantitative estimate of drug-likeness (QED) is 0.874. The molecule has 0 unspecified atom stereocenters. The van der Waals surface area contributed by atoms with Crippen molar-refractivity contribution in [3.8, 4) is 0 Å². The number of hydrogen-bond acceptors (Lipinski definition) is 5. The molecule has 0 radical (unpaired) electrons. The van der Waals surface area contributed by atoms with Crippen LogP contribution in [0.1, 0.15) is 19.5 Å². The minimum atomic E-state index is -0.638. The zero-order chi connectivity index (χ0) is 14.8. The first-order chi connectivity index (χ1) is 9.33. The maximum atomic E-state index is 9.84. The lowest BCUT2D eigenvalue weighted by Gasteiger charge is -2.37. The molecule has 1 fully saturated rings. The molecular formula is C14H23ClN4O. The minimum absolute atomic E-state index is 0.505. The summed E-state index contributed by atoms with van der Waals surface area (Å²) in [5, 5.41) is 10.5. The Labute approximate surface area is 125 Å². The van der Waals surface area contributed by atoms with E-state index in [0.29, 0.717) is 17.4 Å². The molecule has 0 atom stereocenters. The Morgan fingerprint density at radius 2 is 1.85 bits per heavy atom. The fraction of sp³-hybridized carbons (Fsp3) is 0.643. The number of hydrogen-bond donors (Lipinski definition) is 2. The molecule has 1 aliphatic heterocycles. The van der Waals surface area contributed by atoms with Crippen molar-refractivity contribution in [2.75, 3.05) is 38.5 Å². The SMILES string of the molecule is CC(C)(O)CN1CCN(Cc2nc(N)ccc2Cl)CC1. The first kappa shape index (κ1) is 15.5. The number of pyridine rings is 1. The summed E-state index contributed by atoms with van der Waals surface area (Å²) in [4.78, 5) is 8.89. The smallest absolute Gasteiger partial charge is 0.123 e. The molecule has 1 saturated heterocycles. The van der Waals surface area contributed by atoms with Gasteiger partial charge < -0.3 is 10.8 Å². The molecule has 1 aliphatic rings. The molecule has 3 N–H and O–H groups in total. The van der Waals surface area contributed by atoms with E-state index in [2.05, 4.69) is 14.8 Å². The van der Waals surface area contributed by atoms with Gasteiger partial charge in [-0.1, -0.05) is 11.6 Å². The van der Waals surface area contributed by atoms with Crippen LogP contribution in [0.3, 0.4) is 0 Å². The standard InChI is InChI=1S/C14H23ClN4O/c1-14(2,20)10-19-7-5-18(6-8-19)9-12-11(15)3-4-13(16)17-12/h3-4,20H,5-10H2,1-2H3,(H2,16,17). The molecule has 112 valence electrons. The second-order valence-electron chi connectivity index (χ2n) is 6.03. The Hall–Kier alpha value is -0.880. The number of piperazine rings is 1. The predicted octanol–water partition coefficient (Wildman–Crippen LogP) is 1.21. The lowest BCUT2D eigenvalue weighted by molar-refractivity contribution is 0.0165. The lowest BCUT2D eigenvalue weighted by Crippen LogP contribution is -2.50. The Balaban J connectivity index is 1.87. The Bertz CT molecular complexity index is 453. The van der Waals surface area contributed by atoms with E-state index in [1.807, 2.05) is 13.8 Å². The molecule has 1 aromatic heterocycles. The second-order valence-corrected chi connectivity index (χ2v) is 6.44. The minimum Gasteiger partial charge on any atom is -0.389 e. The van der Waals surface area contributed by atoms with Crippen molar-refractivity contribution >= 4 is 17.4 Å². The largest absolute Gasteiger partial charge is 0.389 e. The number of nitrogen functional groups attached to an aromatic ring is 1. The molecule has 0 saturated carbocycles. The summed E-state index contributed by atoms with van der Waals surface area (Å²) in [6.45, 7) is 8.91. The van der Waals surface area contributed by atoms with Gasteiger partial charge in [-0.2, -0.15) is 0 Å². The molecule has 0 bridgehead atoms. The zero-order valence-electron chi connectivity index (χ0n) is 12.1. The van der Waals surface area contributed by atoms with Crippen molar-refractivity contribution in [2.45, 2.75) is 26.0 Å². The summed E-state index contributed by atoms with van der Waals surface area (Å²) < 4.78 is 0. The van der Waals surface area contributed by atoms with Crippen molar-refractivity contribution in [3.63, 3.8) is 0 Å². The number of rotatable bonds is 4. The van der Waals surface area contributed by atoms with Crippen LogP contribution in [0.5, 0.6) is 0 Å². The molecule has 0 amide bonds. The first-order valence-corrected chi connectivity index (χ1v) is 7.29. The van der Waals surface area contributed by atoms with E-state index in [-0.39, 0.29) is 0 Å². The number of aromatic nitrogens is 1. The monoisotopic (exact) mass is 298 g/mol. The highest BCUT2D eigenvalue weighted by molar-refractivity contribution is 6.31. The summed E-state index contributed by atoms with van der Waals surface area (Å²) in [5.74, 6) is 0.505. The van der Waals surface area contributed by atoms with E-state index in [1.165, 1.54) is 0 Å². The molecule has 2 heterocycles. The van der Waals surface area contributed by atoms with Crippen LogP contribution < -0.4 is 5.73 Å². The Kier molecular flexibility index (Phi) is 4.86. The van der Waals surface area contributed by atoms with Crippen LogP contribution in [-0.2, 0) is 6.54 Å². The average Bonchev–Trinajstić information content (AvgIpc) is 2.34. The van der Waals surface area contributed by atoms with Gasteiger partial charge in [0.2, 0.25) is 0 Å². The highest BCUT2D eigenvalue weighted by Gasteiger charge is 2.23. The van der Waals surface area contributed by atoms with Gasteiger partial charge in [-0.25, -0.2) is 4.98 Å².